The molecule has 0 radical (unpaired) electrons. The van der Waals surface area contributed by atoms with Crippen molar-refractivity contribution in [2.24, 2.45) is 0 Å². The minimum absolute atomic E-state index is 0.139. The third kappa shape index (κ3) is 5.90. The molecule has 3 aromatic rings. The highest BCUT2D eigenvalue weighted by molar-refractivity contribution is 9.10. The third-order valence-electron chi connectivity index (χ3n) is 3.87. The Kier molecular flexibility index (Phi) is 7.58. The first-order valence-corrected chi connectivity index (χ1v) is 10.7. The van der Waals surface area contributed by atoms with Crippen LogP contribution in [0.2, 0.25) is 0 Å². The van der Waals surface area contributed by atoms with E-state index >= 15 is 0 Å². The first-order chi connectivity index (χ1) is 14.5. The van der Waals surface area contributed by atoms with E-state index in [0.717, 1.165) is 4.47 Å². The number of rotatable bonds is 9. The minimum atomic E-state index is -0.432. The van der Waals surface area contributed by atoms with Gasteiger partial charge in [-0.1, -0.05) is 17.8 Å². The molecule has 0 bridgehead atoms. The van der Waals surface area contributed by atoms with E-state index < -0.39 is 6.10 Å². The average molecular weight is 492 g/mol. The summed E-state index contributed by atoms with van der Waals surface area (Å²) in [6.45, 7) is 6.05. The number of aromatic nitrogens is 4. The molecule has 2 heterocycles. The summed E-state index contributed by atoms with van der Waals surface area (Å²) < 4.78 is 21.6. The second kappa shape index (κ2) is 10.4. The number of hydrogen-bond acceptors (Lipinski definition) is 6. The number of nitrogens with one attached hydrogen (secondary N) is 1. The Balaban J connectivity index is 1.65. The first-order valence-electron chi connectivity index (χ1n) is 8.96. The smallest absolute Gasteiger partial charge is 0.236 e. The topological polar surface area (TPSA) is 81.9 Å². The highest BCUT2D eigenvalue weighted by Gasteiger charge is 2.20. The Morgan fingerprint density at radius 3 is 2.77 bits per heavy atom. The Morgan fingerprint density at radius 1 is 1.33 bits per heavy atom. The zero-order chi connectivity index (χ0) is 21.5. The van der Waals surface area contributed by atoms with Gasteiger partial charge in [-0.2, -0.15) is 0 Å². The minimum Gasteiger partial charge on any atom is -0.483 e. The lowest BCUT2D eigenvalue weighted by atomic mass is 10.3. The fourth-order valence-corrected chi connectivity index (χ4v) is 3.53. The van der Waals surface area contributed by atoms with Gasteiger partial charge in [0.1, 0.15) is 17.4 Å². The number of anilines is 1. The van der Waals surface area contributed by atoms with Gasteiger partial charge in [-0.25, -0.2) is 9.37 Å². The van der Waals surface area contributed by atoms with Gasteiger partial charge in [0.25, 0.3) is 0 Å². The van der Waals surface area contributed by atoms with Crippen LogP contribution in [0.15, 0.2) is 64.9 Å². The fourth-order valence-electron chi connectivity index (χ4n) is 2.54. The van der Waals surface area contributed by atoms with Crippen LogP contribution in [0.3, 0.4) is 0 Å². The van der Waals surface area contributed by atoms with Crippen LogP contribution in [0.5, 0.6) is 5.75 Å². The molecule has 1 atom stereocenters. The molecule has 0 aliphatic carbocycles. The number of benzene rings is 1. The normalized spacial score (nSPS) is 11.7. The highest BCUT2D eigenvalue weighted by atomic mass is 79.9. The number of hydrogen-bond donors (Lipinski definition) is 1. The van der Waals surface area contributed by atoms with Crippen LogP contribution >= 0.6 is 27.7 Å². The number of carbonyl (C=O) groups excluding carboxylic acids is 1. The molecular weight excluding hydrogens is 473 g/mol. The molecule has 0 saturated carbocycles. The van der Waals surface area contributed by atoms with Gasteiger partial charge in [0.05, 0.1) is 5.75 Å². The van der Waals surface area contributed by atoms with E-state index in [-0.39, 0.29) is 17.5 Å². The molecule has 0 aliphatic heterocycles. The molecule has 1 amide bonds. The number of nitrogens with zero attached hydrogens (tertiary/aromatic N) is 4. The number of ether oxygens (including phenoxy) is 1. The van der Waals surface area contributed by atoms with Crippen LogP contribution in [0.25, 0.3) is 0 Å². The number of pyridine rings is 1. The maximum absolute atomic E-state index is 13.1. The summed E-state index contributed by atoms with van der Waals surface area (Å²) in [4.78, 5) is 16.4. The molecule has 0 spiro atoms. The number of thioether (sulfide) groups is 1. The first kappa shape index (κ1) is 22.0. The van der Waals surface area contributed by atoms with Crippen molar-refractivity contribution in [3.05, 3.63) is 71.4 Å². The molecule has 7 nitrogen and oxygen atoms in total. The van der Waals surface area contributed by atoms with Gasteiger partial charge in [0.2, 0.25) is 5.91 Å². The van der Waals surface area contributed by atoms with E-state index in [1.54, 1.807) is 36.5 Å². The summed E-state index contributed by atoms with van der Waals surface area (Å²) in [5.41, 5.74) is 0. The molecule has 1 N–H and O–H groups in total. The van der Waals surface area contributed by atoms with Gasteiger partial charge >= 0.3 is 0 Å². The molecule has 30 heavy (non-hydrogen) atoms. The van der Waals surface area contributed by atoms with E-state index in [0.29, 0.717) is 29.1 Å². The average Bonchev–Trinajstić information content (AvgIpc) is 3.13. The van der Waals surface area contributed by atoms with Crippen molar-refractivity contribution in [1.29, 1.82) is 0 Å². The van der Waals surface area contributed by atoms with Crippen molar-refractivity contribution in [3.8, 4) is 5.75 Å². The molecule has 0 saturated heterocycles. The summed E-state index contributed by atoms with van der Waals surface area (Å²) in [5, 5.41) is 11.7. The van der Waals surface area contributed by atoms with Gasteiger partial charge in [-0.05, 0) is 59.3 Å². The van der Waals surface area contributed by atoms with Crippen LogP contribution in [0.4, 0.5) is 10.2 Å². The molecular formula is C20H19BrFN5O2S. The fraction of sp³-hybridized carbons (Fsp3) is 0.200. The van der Waals surface area contributed by atoms with E-state index in [1.807, 2.05) is 11.5 Å². The standard InChI is InChI=1S/C20H19BrFN5O2S/c1-3-10-27-19(13(2)29-16-7-5-15(22)6-8-16)25-26-20(27)30-12-18(28)24-17-9-4-14(21)11-23-17/h3-9,11,13H,1,10,12H2,2H3,(H,23,24,28). The lowest BCUT2D eigenvalue weighted by Gasteiger charge is -2.15. The summed E-state index contributed by atoms with van der Waals surface area (Å²) in [7, 11) is 0. The number of carbonyl (C=O) groups is 1. The van der Waals surface area contributed by atoms with Gasteiger partial charge in [0, 0.05) is 17.2 Å². The van der Waals surface area contributed by atoms with E-state index in [9.17, 15) is 9.18 Å². The Bertz CT molecular complexity index is 1010. The molecule has 3 rings (SSSR count). The molecule has 1 aromatic carbocycles. The lowest BCUT2D eigenvalue weighted by molar-refractivity contribution is -0.113. The number of halogens is 2. The maximum Gasteiger partial charge on any atom is 0.236 e. The zero-order valence-corrected chi connectivity index (χ0v) is 18.5. The zero-order valence-electron chi connectivity index (χ0n) is 16.1. The SMILES string of the molecule is C=CCn1c(SCC(=O)Nc2ccc(Br)cn2)nnc1C(C)Oc1ccc(F)cc1. The van der Waals surface area contributed by atoms with Crippen molar-refractivity contribution in [3.63, 3.8) is 0 Å². The second-order valence-electron chi connectivity index (χ2n) is 6.15. The maximum atomic E-state index is 13.1. The van der Waals surface area contributed by atoms with Crippen LogP contribution in [0, 0.1) is 5.82 Å². The third-order valence-corrected chi connectivity index (χ3v) is 5.31. The highest BCUT2D eigenvalue weighted by Crippen LogP contribution is 2.25. The molecule has 156 valence electrons. The largest absolute Gasteiger partial charge is 0.483 e. The van der Waals surface area contributed by atoms with Gasteiger partial charge < -0.3 is 10.1 Å². The van der Waals surface area contributed by atoms with Crippen molar-refractivity contribution < 1.29 is 13.9 Å². The molecule has 0 aliphatic rings. The second-order valence-corrected chi connectivity index (χ2v) is 8.01. The Hall–Kier alpha value is -2.72. The predicted octanol–water partition coefficient (Wildman–Crippen LogP) is 4.63. The molecule has 10 heteroatoms. The molecule has 1 unspecified atom stereocenters. The number of allylic oxidation sites excluding steroid dienone is 1. The van der Waals surface area contributed by atoms with E-state index in [1.165, 1.54) is 23.9 Å². The lowest BCUT2D eigenvalue weighted by Crippen LogP contribution is -2.16. The molecule has 0 fully saturated rings. The van der Waals surface area contributed by atoms with Gasteiger partial charge in [-0.3, -0.25) is 9.36 Å². The van der Waals surface area contributed by atoms with E-state index in [4.69, 9.17) is 4.74 Å². The summed E-state index contributed by atoms with van der Waals surface area (Å²) >= 11 is 4.55. The Labute approximate surface area is 185 Å². The quantitative estimate of drug-likeness (QED) is 0.347. The van der Waals surface area contributed by atoms with Crippen molar-refractivity contribution in [2.45, 2.75) is 24.7 Å². The number of amides is 1. The van der Waals surface area contributed by atoms with Crippen LogP contribution in [-0.2, 0) is 11.3 Å². The summed E-state index contributed by atoms with van der Waals surface area (Å²) in [5.74, 6) is 1.17. The van der Waals surface area contributed by atoms with E-state index in [2.05, 4.69) is 43.0 Å². The summed E-state index contributed by atoms with van der Waals surface area (Å²) in [6, 6.07) is 9.27. The van der Waals surface area contributed by atoms with Gasteiger partial charge in [-0.15, -0.1) is 16.8 Å². The van der Waals surface area contributed by atoms with Crippen LogP contribution < -0.4 is 10.1 Å². The van der Waals surface area contributed by atoms with Crippen molar-refractivity contribution in [2.75, 3.05) is 11.1 Å². The van der Waals surface area contributed by atoms with Crippen molar-refractivity contribution in [1.82, 2.24) is 19.7 Å². The van der Waals surface area contributed by atoms with Crippen LogP contribution in [-0.4, -0.2) is 31.4 Å². The summed E-state index contributed by atoms with van der Waals surface area (Å²) in [6.07, 6.45) is 2.89. The van der Waals surface area contributed by atoms with Crippen LogP contribution in [0.1, 0.15) is 18.9 Å². The predicted molar refractivity (Wildman–Crippen MR) is 117 cm³/mol. The monoisotopic (exact) mass is 491 g/mol. The van der Waals surface area contributed by atoms with Gasteiger partial charge in [0.15, 0.2) is 17.1 Å². The molecule has 2 aromatic heterocycles. The van der Waals surface area contributed by atoms with Crippen molar-refractivity contribution >= 4 is 39.4 Å². The Morgan fingerprint density at radius 2 is 2.10 bits per heavy atom.